The lowest BCUT2D eigenvalue weighted by Gasteiger charge is -2.26. The molecule has 5 N–H and O–H groups in total. The Morgan fingerprint density at radius 2 is 1.00 bits per heavy atom. The summed E-state index contributed by atoms with van der Waals surface area (Å²) in [5.74, 6) is -1.55. The Morgan fingerprint density at radius 1 is 0.644 bits per heavy atom. The second kappa shape index (κ2) is 31.9. The summed E-state index contributed by atoms with van der Waals surface area (Å²) in [6.07, 6.45) is 30.5. The van der Waals surface area contributed by atoms with Crippen LogP contribution in [0.2, 0.25) is 0 Å². The topological polar surface area (TPSA) is 130 Å². The molecule has 0 aliphatic heterocycles. The number of carbonyl (C=O) groups is 1. The van der Waals surface area contributed by atoms with Crippen LogP contribution in [-0.4, -0.2) is 95.2 Å². The highest BCUT2D eigenvalue weighted by Crippen LogP contribution is 2.40. The van der Waals surface area contributed by atoms with Crippen LogP contribution in [0.3, 0.4) is 0 Å². The number of aliphatic hydroxyl groups excluding tert-OH is 2. The molecule has 0 heterocycles. The Labute approximate surface area is 278 Å². The van der Waals surface area contributed by atoms with Crippen LogP contribution < -0.4 is 5.32 Å². The molecule has 1 unspecified atom stereocenters. The molecule has 0 saturated heterocycles. The van der Waals surface area contributed by atoms with Gasteiger partial charge in [-0.1, -0.05) is 149 Å². The first-order valence-corrected chi connectivity index (χ1v) is 20.2. The molecule has 0 fully saturated rings. The maximum atomic E-state index is 12.4. The Kier molecular flexibility index (Phi) is 32.9. The molecule has 0 spiro atoms. The van der Waals surface area contributed by atoms with Gasteiger partial charge in [-0.05, 0) is 12.8 Å². The number of urea groups is 1. The SMILES string of the molecule is CCCCCCCCCCCCCCCCNC(=O)N(CCO)CCCCCCCCCCC.C[N+](C)(C)CC(O)P(=O)(O)O. The van der Waals surface area contributed by atoms with E-state index >= 15 is 0 Å². The third-order valence-electron chi connectivity index (χ3n) is 8.09. The zero-order valence-electron chi connectivity index (χ0n) is 30.3. The number of nitrogens with zero attached hydrogens (tertiary/aromatic N) is 2. The van der Waals surface area contributed by atoms with Gasteiger partial charge in [0.2, 0.25) is 5.85 Å². The molecular formula is C35H77N3O6P+. The van der Waals surface area contributed by atoms with Crippen molar-refractivity contribution in [1.29, 1.82) is 0 Å². The molecule has 272 valence electrons. The first-order chi connectivity index (χ1) is 21.4. The molecule has 0 bridgehead atoms. The zero-order chi connectivity index (χ0) is 34.2. The van der Waals surface area contributed by atoms with E-state index in [2.05, 4.69) is 19.2 Å². The molecule has 2 amide bonds. The lowest BCUT2D eigenvalue weighted by atomic mass is 10.0. The van der Waals surface area contributed by atoms with Crippen molar-refractivity contribution in [1.82, 2.24) is 10.2 Å². The van der Waals surface area contributed by atoms with Gasteiger partial charge in [-0.25, -0.2) is 4.79 Å². The van der Waals surface area contributed by atoms with Crippen molar-refractivity contribution < 1.29 is 33.8 Å². The van der Waals surface area contributed by atoms with Crippen molar-refractivity contribution in [3.63, 3.8) is 0 Å². The first kappa shape index (κ1) is 46.4. The van der Waals surface area contributed by atoms with E-state index in [9.17, 15) is 14.5 Å². The van der Waals surface area contributed by atoms with Gasteiger partial charge in [0, 0.05) is 19.6 Å². The summed E-state index contributed by atoms with van der Waals surface area (Å²) in [6.45, 7) is 6.60. The third kappa shape index (κ3) is 36.0. The molecule has 0 radical (unpaired) electrons. The van der Waals surface area contributed by atoms with Crippen LogP contribution in [0.4, 0.5) is 4.79 Å². The van der Waals surface area contributed by atoms with Crippen molar-refractivity contribution in [2.24, 2.45) is 0 Å². The number of rotatable bonds is 30. The molecule has 10 heteroatoms. The average molecular weight is 667 g/mol. The number of nitrogens with one attached hydrogen (secondary N) is 1. The Bertz CT molecular complexity index is 687. The fraction of sp³-hybridized carbons (Fsp3) is 0.971. The van der Waals surface area contributed by atoms with Gasteiger partial charge in [0.25, 0.3) is 0 Å². The largest absolute Gasteiger partial charge is 0.395 e. The van der Waals surface area contributed by atoms with Crippen LogP contribution in [0.15, 0.2) is 0 Å². The fourth-order valence-electron chi connectivity index (χ4n) is 5.27. The molecule has 1 atom stereocenters. The highest BCUT2D eigenvalue weighted by atomic mass is 31.2. The molecule has 0 aromatic carbocycles. The minimum atomic E-state index is -4.31. The summed E-state index contributed by atoms with van der Waals surface area (Å²) in [6, 6.07) is 0.00306. The van der Waals surface area contributed by atoms with E-state index in [4.69, 9.17) is 14.9 Å². The molecular weight excluding hydrogens is 589 g/mol. The van der Waals surface area contributed by atoms with Gasteiger partial charge in [0.15, 0.2) is 0 Å². The predicted octanol–water partition coefficient (Wildman–Crippen LogP) is 8.19. The highest BCUT2D eigenvalue weighted by molar-refractivity contribution is 7.52. The number of hydrogen-bond donors (Lipinski definition) is 5. The standard InChI is InChI=1S/C30H62N2O2.C5H14NO4P/c1-3-5-7-9-11-13-14-15-16-17-18-20-22-24-26-31-30(34)32(28-29-33)27-25-23-21-19-12-10-8-6-4-2;1-6(2,3)4-5(7)11(8,9)10/h33H,3-29H2,1-2H3,(H,31,34);5,7H,4H2,1-3H3,(H-,8,9,10)/p+1. The van der Waals surface area contributed by atoms with Gasteiger partial charge in [-0.2, -0.15) is 0 Å². The second-order valence-corrected chi connectivity index (χ2v) is 15.7. The normalized spacial score (nSPS) is 12.5. The predicted molar refractivity (Wildman–Crippen MR) is 191 cm³/mol. The number of quaternary nitrogens is 1. The number of likely N-dealkylation sites (N-methyl/N-ethyl adjacent to an activating group) is 1. The van der Waals surface area contributed by atoms with Gasteiger partial charge in [-0.15, -0.1) is 0 Å². The summed E-state index contributed by atoms with van der Waals surface area (Å²) < 4.78 is 10.8. The minimum absolute atomic E-state index is 0.00306. The van der Waals surface area contributed by atoms with Crippen molar-refractivity contribution in [3.05, 3.63) is 0 Å². The van der Waals surface area contributed by atoms with Crippen LogP contribution in [-0.2, 0) is 4.57 Å². The van der Waals surface area contributed by atoms with E-state index in [-0.39, 0.29) is 19.2 Å². The molecule has 9 nitrogen and oxygen atoms in total. The summed E-state index contributed by atoms with van der Waals surface area (Å²) in [5.41, 5.74) is 0. The summed E-state index contributed by atoms with van der Waals surface area (Å²) in [4.78, 5) is 31.2. The van der Waals surface area contributed by atoms with Crippen molar-refractivity contribution >= 4 is 13.6 Å². The Balaban J connectivity index is 0. The van der Waals surface area contributed by atoms with Gasteiger partial charge >= 0.3 is 13.6 Å². The smallest absolute Gasteiger partial charge is 0.359 e. The third-order valence-corrected chi connectivity index (χ3v) is 9.03. The van der Waals surface area contributed by atoms with Gasteiger partial charge < -0.3 is 34.7 Å². The van der Waals surface area contributed by atoms with Crippen LogP contribution in [0, 0.1) is 0 Å². The molecule has 0 rings (SSSR count). The lowest BCUT2D eigenvalue weighted by molar-refractivity contribution is -0.872. The van der Waals surface area contributed by atoms with E-state index in [1.807, 2.05) is 0 Å². The maximum absolute atomic E-state index is 12.4. The van der Waals surface area contributed by atoms with Crippen molar-refractivity contribution in [2.75, 3.05) is 53.9 Å². The maximum Gasteiger partial charge on any atom is 0.359 e. The van der Waals surface area contributed by atoms with Crippen LogP contribution >= 0.6 is 7.60 Å². The molecule has 0 aliphatic rings. The molecule has 0 aromatic heterocycles. The van der Waals surface area contributed by atoms with Crippen LogP contribution in [0.25, 0.3) is 0 Å². The number of amides is 2. The van der Waals surface area contributed by atoms with Crippen molar-refractivity contribution in [2.45, 2.75) is 167 Å². The van der Waals surface area contributed by atoms with E-state index in [0.717, 1.165) is 25.9 Å². The van der Waals surface area contributed by atoms with Crippen LogP contribution in [0.5, 0.6) is 0 Å². The summed E-state index contributed by atoms with van der Waals surface area (Å²) in [7, 11) is 0.933. The summed E-state index contributed by atoms with van der Waals surface area (Å²) in [5, 5.41) is 21.3. The van der Waals surface area contributed by atoms with E-state index in [1.54, 1.807) is 26.0 Å². The molecule has 0 saturated carbocycles. The quantitative estimate of drug-likeness (QED) is 0.0299. The van der Waals surface area contributed by atoms with E-state index in [0.29, 0.717) is 11.0 Å². The number of hydrogen-bond acceptors (Lipinski definition) is 4. The van der Waals surface area contributed by atoms with Gasteiger partial charge in [-0.3, -0.25) is 4.57 Å². The van der Waals surface area contributed by atoms with Gasteiger partial charge in [0.1, 0.15) is 6.54 Å². The van der Waals surface area contributed by atoms with E-state index < -0.39 is 13.4 Å². The first-order valence-electron chi connectivity index (χ1n) is 18.6. The molecule has 45 heavy (non-hydrogen) atoms. The monoisotopic (exact) mass is 667 g/mol. The fourth-order valence-corrected chi connectivity index (χ4v) is 5.97. The minimum Gasteiger partial charge on any atom is -0.395 e. The second-order valence-electron chi connectivity index (χ2n) is 13.9. The number of aliphatic hydroxyl groups is 2. The highest BCUT2D eigenvalue weighted by Gasteiger charge is 2.31. The Hall–Kier alpha value is -0.700. The van der Waals surface area contributed by atoms with E-state index in [1.165, 1.54) is 135 Å². The van der Waals surface area contributed by atoms with Crippen LogP contribution in [0.1, 0.15) is 162 Å². The average Bonchev–Trinajstić information content (AvgIpc) is 2.96. The summed E-state index contributed by atoms with van der Waals surface area (Å²) >= 11 is 0. The molecule has 0 aliphatic carbocycles. The lowest BCUT2D eigenvalue weighted by Crippen LogP contribution is -2.42. The van der Waals surface area contributed by atoms with Gasteiger partial charge in [0.05, 0.1) is 27.7 Å². The van der Waals surface area contributed by atoms with Crippen molar-refractivity contribution in [3.8, 4) is 0 Å². The zero-order valence-corrected chi connectivity index (χ0v) is 31.2. The Morgan fingerprint density at radius 3 is 1.31 bits per heavy atom. The number of unbranched alkanes of at least 4 members (excludes halogenated alkanes) is 21. The number of carbonyl (C=O) groups excluding carboxylic acids is 1. The molecule has 0 aromatic rings.